The summed E-state index contributed by atoms with van der Waals surface area (Å²) in [6.45, 7) is 0. The highest BCUT2D eigenvalue weighted by atomic mass is 16.5. The lowest BCUT2D eigenvalue weighted by Gasteiger charge is -2.27. The Hall–Kier alpha value is -3.79. The smallest absolute Gasteiger partial charge is 0.213 e. The van der Waals surface area contributed by atoms with E-state index in [0.29, 0.717) is 45.2 Å². The summed E-state index contributed by atoms with van der Waals surface area (Å²) in [4.78, 5) is 8.96. The molecule has 3 heterocycles. The molecule has 4 aromatic rings. The zero-order valence-corrected chi connectivity index (χ0v) is 15.9. The van der Waals surface area contributed by atoms with Crippen molar-refractivity contribution in [3.05, 3.63) is 42.2 Å². The molecule has 0 spiro atoms. The second-order valence-corrected chi connectivity index (χ2v) is 7.32. The van der Waals surface area contributed by atoms with Crippen molar-refractivity contribution in [2.45, 2.75) is 25.3 Å². The Morgan fingerprint density at radius 1 is 1.31 bits per heavy atom. The van der Waals surface area contributed by atoms with Crippen molar-refractivity contribution in [3.63, 3.8) is 0 Å². The lowest BCUT2D eigenvalue weighted by atomic mass is 9.93. The van der Waals surface area contributed by atoms with E-state index in [1.165, 1.54) is 13.3 Å². The minimum Gasteiger partial charge on any atom is -0.494 e. The van der Waals surface area contributed by atoms with Crippen LogP contribution in [0, 0.1) is 11.3 Å². The maximum absolute atomic E-state index is 10.8. The van der Waals surface area contributed by atoms with Crippen molar-refractivity contribution in [3.8, 4) is 29.0 Å². The lowest BCUT2D eigenvalue weighted by Crippen LogP contribution is -2.15. The topological polar surface area (TPSA) is 110 Å². The fourth-order valence-corrected chi connectivity index (χ4v) is 4.00. The number of nitriles is 1. The SMILES string of the molecule is COc1cc(-c2cccc3c(N)c4c(O)n(C5CCC5)cc4nc23)c(C#N)cn1. The van der Waals surface area contributed by atoms with Gasteiger partial charge in [0.05, 0.1) is 34.8 Å². The Bertz CT molecular complexity index is 1310. The molecule has 0 saturated heterocycles. The third-order valence-corrected chi connectivity index (χ3v) is 5.78. The molecule has 7 heteroatoms. The number of nitrogens with zero attached hydrogens (tertiary/aromatic N) is 4. The third-order valence-electron chi connectivity index (χ3n) is 5.78. The Balaban J connectivity index is 1.82. The number of benzene rings is 1. The highest BCUT2D eigenvalue weighted by Gasteiger charge is 2.25. The van der Waals surface area contributed by atoms with Crippen molar-refractivity contribution >= 4 is 27.5 Å². The predicted octanol–water partition coefficient (Wildman–Crippen LogP) is 4.14. The van der Waals surface area contributed by atoms with E-state index >= 15 is 0 Å². The molecule has 0 radical (unpaired) electrons. The van der Waals surface area contributed by atoms with Crippen LogP contribution in [0.15, 0.2) is 36.7 Å². The zero-order valence-electron chi connectivity index (χ0n) is 15.9. The van der Waals surface area contributed by atoms with Gasteiger partial charge in [-0.15, -0.1) is 0 Å². The quantitative estimate of drug-likeness (QED) is 0.548. The van der Waals surface area contributed by atoms with Gasteiger partial charge >= 0.3 is 0 Å². The van der Waals surface area contributed by atoms with E-state index < -0.39 is 0 Å². The molecule has 1 aliphatic carbocycles. The summed E-state index contributed by atoms with van der Waals surface area (Å²) in [6.07, 6.45) is 6.62. The fourth-order valence-electron chi connectivity index (χ4n) is 4.00. The molecule has 0 amide bonds. The van der Waals surface area contributed by atoms with Gasteiger partial charge in [0.1, 0.15) is 6.07 Å². The Morgan fingerprint density at radius 2 is 2.14 bits per heavy atom. The van der Waals surface area contributed by atoms with Crippen molar-refractivity contribution < 1.29 is 9.84 Å². The average Bonchev–Trinajstić information content (AvgIpc) is 3.02. The van der Waals surface area contributed by atoms with Gasteiger partial charge in [-0.3, -0.25) is 0 Å². The van der Waals surface area contributed by atoms with Crippen LogP contribution in [0.2, 0.25) is 0 Å². The number of nitrogen functional groups attached to an aromatic ring is 1. The number of fused-ring (bicyclic) bond motifs is 2. The minimum atomic E-state index is 0.172. The maximum atomic E-state index is 10.8. The van der Waals surface area contributed by atoms with E-state index in [9.17, 15) is 10.4 Å². The van der Waals surface area contributed by atoms with Crippen LogP contribution >= 0.6 is 0 Å². The van der Waals surface area contributed by atoms with Gasteiger partial charge in [0.15, 0.2) is 0 Å². The average molecular weight is 385 g/mol. The van der Waals surface area contributed by atoms with Gasteiger partial charge in [-0.1, -0.05) is 18.2 Å². The van der Waals surface area contributed by atoms with Crippen LogP contribution in [0.25, 0.3) is 32.9 Å². The lowest BCUT2D eigenvalue weighted by molar-refractivity contribution is 0.283. The Labute approximate surface area is 167 Å². The molecule has 3 aromatic heterocycles. The van der Waals surface area contributed by atoms with Crippen molar-refractivity contribution in [1.29, 1.82) is 5.26 Å². The van der Waals surface area contributed by atoms with Gasteiger partial charge in [-0.2, -0.15) is 5.26 Å². The highest BCUT2D eigenvalue weighted by Crippen LogP contribution is 2.43. The Morgan fingerprint density at radius 3 is 2.83 bits per heavy atom. The van der Waals surface area contributed by atoms with Gasteiger partial charge in [-0.05, 0) is 19.3 Å². The molecule has 7 nitrogen and oxygen atoms in total. The fraction of sp³-hybridized carbons (Fsp3) is 0.227. The normalized spacial score (nSPS) is 14.1. The summed E-state index contributed by atoms with van der Waals surface area (Å²) in [5.41, 5.74) is 10.2. The molecule has 1 aliphatic rings. The molecular weight excluding hydrogens is 366 g/mol. The first kappa shape index (κ1) is 17.3. The van der Waals surface area contributed by atoms with E-state index in [1.54, 1.807) is 6.07 Å². The molecule has 1 aromatic carbocycles. The van der Waals surface area contributed by atoms with Crippen LogP contribution < -0.4 is 10.5 Å². The number of hydrogen-bond donors (Lipinski definition) is 2. The molecule has 1 fully saturated rings. The number of methoxy groups -OCH3 is 1. The summed E-state index contributed by atoms with van der Waals surface area (Å²) < 4.78 is 7.13. The number of rotatable bonds is 3. The van der Waals surface area contributed by atoms with Crippen molar-refractivity contribution in [2.75, 3.05) is 12.8 Å². The monoisotopic (exact) mass is 385 g/mol. The first-order chi connectivity index (χ1) is 14.1. The number of hydrogen-bond acceptors (Lipinski definition) is 6. The summed E-state index contributed by atoms with van der Waals surface area (Å²) in [6, 6.07) is 9.86. The van der Waals surface area contributed by atoms with Crippen LogP contribution in [0.4, 0.5) is 5.69 Å². The van der Waals surface area contributed by atoms with Gasteiger partial charge in [0.2, 0.25) is 11.8 Å². The minimum absolute atomic E-state index is 0.172. The first-order valence-electron chi connectivity index (χ1n) is 9.48. The molecule has 3 N–H and O–H groups in total. The van der Waals surface area contributed by atoms with E-state index in [1.807, 2.05) is 29.0 Å². The largest absolute Gasteiger partial charge is 0.494 e. The van der Waals surface area contributed by atoms with Crippen LogP contribution in [-0.2, 0) is 0 Å². The number of aromatic nitrogens is 3. The van der Waals surface area contributed by atoms with Gasteiger partial charge < -0.3 is 20.1 Å². The number of para-hydroxylation sites is 1. The second kappa shape index (κ2) is 6.38. The first-order valence-corrected chi connectivity index (χ1v) is 9.48. The van der Waals surface area contributed by atoms with Crippen LogP contribution in [0.3, 0.4) is 0 Å². The van der Waals surface area contributed by atoms with Gasteiger partial charge in [0.25, 0.3) is 0 Å². The number of anilines is 1. The molecule has 0 atom stereocenters. The standard InChI is InChI=1S/C22H19N5O2/c1-29-18-8-16(12(9-23)10-25-18)14-6-3-7-15-20(24)19-17(26-21(14)15)11-27(22(19)28)13-4-2-5-13/h3,6-8,10-11,13,28H,2,4-5,24H2,1H3. The molecule has 1 saturated carbocycles. The molecule has 0 unspecified atom stereocenters. The summed E-state index contributed by atoms with van der Waals surface area (Å²) in [5, 5.41) is 21.7. The summed E-state index contributed by atoms with van der Waals surface area (Å²) in [5.74, 6) is 0.587. The molecule has 5 rings (SSSR count). The van der Waals surface area contributed by atoms with Crippen molar-refractivity contribution in [2.24, 2.45) is 0 Å². The van der Waals surface area contributed by atoms with Crippen LogP contribution in [0.1, 0.15) is 30.9 Å². The highest BCUT2D eigenvalue weighted by molar-refractivity contribution is 6.12. The van der Waals surface area contributed by atoms with Crippen LogP contribution in [0.5, 0.6) is 11.8 Å². The van der Waals surface area contributed by atoms with E-state index in [4.69, 9.17) is 15.5 Å². The van der Waals surface area contributed by atoms with E-state index in [0.717, 1.165) is 30.2 Å². The number of pyridine rings is 2. The molecular formula is C22H19N5O2. The van der Waals surface area contributed by atoms with Crippen molar-refractivity contribution in [1.82, 2.24) is 14.5 Å². The van der Waals surface area contributed by atoms with Crippen LogP contribution in [-0.4, -0.2) is 26.8 Å². The second-order valence-electron chi connectivity index (χ2n) is 7.32. The molecule has 0 bridgehead atoms. The number of aromatic hydroxyl groups is 1. The number of ether oxygens (including phenoxy) is 1. The zero-order chi connectivity index (χ0) is 20.1. The predicted molar refractivity (Wildman–Crippen MR) is 111 cm³/mol. The molecule has 29 heavy (non-hydrogen) atoms. The van der Waals surface area contributed by atoms with E-state index in [2.05, 4.69) is 11.1 Å². The third kappa shape index (κ3) is 2.49. The Kier molecular flexibility index (Phi) is 3.81. The molecule has 144 valence electrons. The van der Waals surface area contributed by atoms with Gasteiger partial charge in [0, 0.05) is 41.0 Å². The summed E-state index contributed by atoms with van der Waals surface area (Å²) in [7, 11) is 1.53. The summed E-state index contributed by atoms with van der Waals surface area (Å²) >= 11 is 0. The molecule has 0 aliphatic heterocycles. The van der Waals surface area contributed by atoms with E-state index in [-0.39, 0.29) is 5.88 Å². The maximum Gasteiger partial charge on any atom is 0.213 e. The number of nitrogens with two attached hydrogens (primary N) is 1. The van der Waals surface area contributed by atoms with Gasteiger partial charge in [-0.25, -0.2) is 9.97 Å².